The standard InChI is InChI=1S/C21H17Cl2N5O/c1-28(12-13-3-5-16(29-2)6-4-13)20-9-18-15(11-25-20)7-14(10-24-18)17-8-19(22)26-27-21(17)23/h3-11H,12H2,1-2H3. The van der Waals surface area contributed by atoms with Crippen LogP contribution in [0.15, 0.2) is 54.9 Å². The van der Waals surface area contributed by atoms with Gasteiger partial charge in [0.05, 0.1) is 12.6 Å². The van der Waals surface area contributed by atoms with Crippen molar-refractivity contribution in [3.8, 4) is 16.9 Å². The zero-order chi connectivity index (χ0) is 20.4. The van der Waals surface area contributed by atoms with Gasteiger partial charge in [-0.25, -0.2) is 4.98 Å². The number of hydrogen-bond donors (Lipinski definition) is 0. The topological polar surface area (TPSA) is 64.0 Å². The Balaban J connectivity index is 1.60. The van der Waals surface area contributed by atoms with E-state index in [2.05, 4.69) is 25.1 Å². The maximum Gasteiger partial charge on any atom is 0.159 e. The molecule has 4 rings (SSSR count). The zero-order valence-electron chi connectivity index (χ0n) is 15.8. The molecule has 8 heteroatoms. The summed E-state index contributed by atoms with van der Waals surface area (Å²) >= 11 is 12.1. The quantitative estimate of drug-likeness (QED) is 0.446. The Kier molecular flexibility index (Phi) is 5.47. The Morgan fingerprint density at radius 1 is 0.966 bits per heavy atom. The van der Waals surface area contributed by atoms with E-state index in [1.807, 2.05) is 43.4 Å². The molecule has 0 amide bonds. The van der Waals surface area contributed by atoms with Crippen molar-refractivity contribution in [2.75, 3.05) is 19.1 Å². The predicted octanol–water partition coefficient (Wildman–Crippen LogP) is 5.04. The van der Waals surface area contributed by atoms with Crippen LogP contribution in [0.2, 0.25) is 10.3 Å². The van der Waals surface area contributed by atoms with Crippen molar-refractivity contribution < 1.29 is 4.74 Å². The van der Waals surface area contributed by atoms with Crippen LogP contribution in [0.25, 0.3) is 22.0 Å². The lowest BCUT2D eigenvalue weighted by atomic mass is 10.1. The zero-order valence-corrected chi connectivity index (χ0v) is 17.3. The predicted molar refractivity (Wildman–Crippen MR) is 116 cm³/mol. The first-order valence-corrected chi connectivity index (χ1v) is 9.58. The summed E-state index contributed by atoms with van der Waals surface area (Å²) in [5, 5.41) is 9.04. The summed E-state index contributed by atoms with van der Waals surface area (Å²) in [6, 6.07) is 13.6. The van der Waals surface area contributed by atoms with E-state index < -0.39 is 0 Å². The van der Waals surface area contributed by atoms with Gasteiger partial charge in [0.1, 0.15) is 11.6 Å². The fraction of sp³-hybridized carbons (Fsp3) is 0.143. The highest BCUT2D eigenvalue weighted by molar-refractivity contribution is 6.33. The number of benzene rings is 1. The van der Waals surface area contributed by atoms with Crippen LogP contribution in [-0.4, -0.2) is 34.3 Å². The third kappa shape index (κ3) is 4.23. The van der Waals surface area contributed by atoms with Crippen molar-refractivity contribution in [3.05, 3.63) is 70.7 Å². The Morgan fingerprint density at radius 3 is 2.52 bits per heavy atom. The lowest BCUT2D eigenvalue weighted by Crippen LogP contribution is -2.17. The summed E-state index contributed by atoms with van der Waals surface area (Å²) in [6.45, 7) is 0.720. The molecule has 0 saturated heterocycles. The monoisotopic (exact) mass is 425 g/mol. The van der Waals surface area contributed by atoms with Gasteiger partial charge in [0.25, 0.3) is 0 Å². The second-order valence-electron chi connectivity index (χ2n) is 6.53. The summed E-state index contributed by atoms with van der Waals surface area (Å²) in [5.41, 5.74) is 3.49. The van der Waals surface area contributed by atoms with Crippen LogP contribution in [0.3, 0.4) is 0 Å². The first kappa shape index (κ1) is 19.4. The number of nitrogens with zero attached hydrogens (tertiary/aromatic N) is 5. The van der Waals surface area contributed by atoms with E-state index in [9.17, 15) is 0 Å². The van der Waals surface area contributed by atoms with Gasteiger partial charge in [0.2, 0.25) is 0 Å². The van der Waals surface area contributed by atoms with E-state index in [1.54, 1.807) is 25.6 Å². The van der Waals surface area contributed by atoms with Gasteiger partial charge < -0.3 is 9.64 Å². The van der Waals surface area contributed by atoms with Gasteiger partial charge >= 0.3 is 0 Å². The van der Waals surface area contributed by atoms with E-state index >= 15 is 0 Å². The first-order chi connectivity index (χ1) is 14.0. The molecule has 0 aliphatic carbocycles. The van der Waals surface area contributed by atoms with Gasteiger partial charge in [-0.3, -0.25) is 4.98 Å². The van der Waals surface area contributed by atoms with Gasteiger partial charge in [0.15, 0.2) is 10.3 Å². The normalized spacial score (nSPS) is 10.9. The van der Waals surface area contributed by atoms with Gasteiger partial charge in [-0.15, -0.1) is 10.2 Å². The molecule has 4 aromatic rings. The number of rotatable bonds is 5. The molecule has 29 heavy (non-hydrogen) atoms. The van der Waals surface area contributed by atoms with Crippen LogP contribution < -0.4 is 9.64 Å². The van der Waals surface area contributed by atoms with Crippen LogP contribution >= 0.6 is 23.2 Å². The molecule has 0 aliphatic heterocycles. The third-order valence-electron chi connectivity index (χ3n) is 4.55. The highest BCUT2D eigenvalue weighted by atomic mass is 35.5. The maximum atomic E-state index is 6.15. The molecule has 6 nitrogen and oxygen atoms in total. The van der Waals surface area contributed by atoms with Crippen molar-refractivity contribution >= 4 is 39.9 Å². The minimum absolute atomic E-state index is 0.276. The summed E-state index contributed by atoms with van der Waals surface area (Å²) in [6.07, 6.45) is 3.55. The number of pyridine rings is 2. The summed E-state index contributed by atoms with van der Waals surface area (Å²) in [4.78, 5) is 11.2. The molecule has 3 aromatic heterocycles. The van der Waals surface area contributed by atoms with Crippen molar-refractivity contribution in [3.63, 3.8) is 0 Å². The fourth-order valence-corrected chi connectivity index (χ4v) is 3.36. The average molecular weight is 426 g/mol. The molecule has 1 aromatic carbocycles. The molecule has 146 valence electrons. The second kappa shape index (κ2) is 8.19. The molecule has 0 bridgehead atoms. The smallest absolute Gasteiger partial charge is 0.159 e. The van der Waals surface area contributed by atoms with Crippen LogP contribution in [-0.2, 0) is 6.54 Å². The van der Waals surface area contributed by atoms with Gasteiger partial charge in [-0.05, 0) is 29.8 Å². The Labute approximate surface area is 178 Å². The van der Waals surface area contributed by atoms with Gasteiger partial charge in [-0.1, -0.05) is 35.3 Å². The molecule has 0 unspecified atom stereocenters. The van der Waals surface area contributed by atoms with Crippen LogP contribution in [0, 0.1) is 0 Å². The second-order valence-corrected chi connectivity index (χ2v) is 7.28. The van der Waals surface area contributed by atoms with Crippen molar-refractivity contribution in [1.29, 1.82) is 0 Å². The molecule has 0 atom stereocenters. The average Bonchev–Trinajstić information content (AvgIpc) is 2.75. The maximum absolute atomic E-state index is 6.15. The number of anilines is 1. The van der Waals surface area contributed by atoms with E-state index in [-0.39, 0.29) is 10.3 Å². The summed E-state index contributed by atoms with van der Waals surface area (Å²) in [7, 11) is 3.66. The van der Waals surface area contributed by atoms with Crippen molar-refractivity contribution in [2.45, 2.75) is 6.54 Å². The van der Waals surface area contributed by atoms with Crippen molar-refractivity contribution in [2.24, 2.45) is 0 Å². The van der Waals surface area contributed by atoms with E-state index in [1.165, 1.54) is 0 Å². The van der Waals surface area contributed by atoms with Crippen LogP contribution in [0.1, 0.15) is 5.56 Å². The molecule has 0 fully saturated rings. The minimum atomic E-state index is 0.276. The molecular weight excluding hydrogens is 409 g/mol. The SMILES string of the molecule is COc1ccc(CN(C)c2cc3ncc(-c4cc(Cl)nnc4Cl)cc3cn2)cc1. The summed E-state index contributed by atoms with van der Waals surface area (Å²) < 4.78 is 5.21. The molecule has 0 N–H and O–H groups in total. The molecular formula is C21H17Cl2N5O. The van der Waals surface area contributed by atoms with Crippen LogP contribution in [0.5, 0.6) is 5.75 Å². The summed E-state index contributed by atoms with van der Waals surface area (Å²) in [5.74, 6) is 1.67. The van der Waals surface area contributed by atoms with Crippen LogP contribution in [0.4, 0.5) is 5.82 Å². The lowest BCUT2D eigenvalue weighted by molar-refractivity contribution is 0.414. The van der Waals surface area contributed by atoms with Gasteiger partial charge in [0, 0.05) is 48.6 Å². The number of methoxy groups -OCH3 is 1. The minimum Gasteiger partial charge on any atom is -0.497 e. The molecule has 3 heterocycles. The molecule has 0 radical (unpaired) electrons. The first-order valence-electron chi connectivity index (χ1n) is 8.82. The molecule has 0 aliphatic rings. The fourth-order valence-electron chi connectivity index (χ4n) is 3.01. The van der Waals surface area contributed by atoms with E-state index in [0.29, 0.717) is 5.56 Å². The number of hydrogen-bond acceptors (Lipinski definition) is 6. The van der Waals surface area contributed by atoms with Crippen molar-refractivity contribution in [1.82, 2.24) is 20.2 Å². The Hall–Kier alpha value is -2.96. The number of ether oxygens (including phenoxy) is 1. The highest BCUT2D eigenvalue weighted by Crippen LogP contribution is 2.29. The van der Waals surface area contributed by atoms with E-state index in [4.69, 9.17) is 27.9 Å². The Morgan fingerprint density at radius 2 is 1.76 bits per heavy atom. The number of halogens is 2. The third-order valence-corrected chi connectivity index (χ3v) is 5.02. The largest absolute Gasteiger partial charge is 0.497 e. The highest BCUT2D eigenvalue weighted by Gasteiger charge is 2.10. The van der Waals surface area contributed by atoms with Gasteiger partial charge in [-0.2, -0.15) is 0 Å². The molecule has 0 saturated carbocycles. The number of fused-ring (bicyclic) bond motifs is 1. The molecule has 0 spiro atoms. The lowest BCUT2D eigenvalue weighted by Gasteiger charge is -2.18. The number of aromatic nitrogens is 4. The van der Waals surface area contributed by atoms with E-state index in [0.717, 1.165) is 40.1 Å². The Bertz CT molecular complexity index is 1170.